The smallest absolute Gasteiger partial charge is 0.252 e. The van der Waals surface area contributed by atoms with Crippen LogP contribution in [-0.2, 0) is 32.5 Å². The van der Waals surface area contributed by atoms with E-state index in [2.05, 4.69) is 248 Å². The Bertz CT molecular complexity index is 3270. The van der Waals surface area contributed by atoms with Gasteiger partial charge in [0.2, 0.25) is 0 Å². The summed E-state index contributed by atoms with van der Waals surface area (Å²) in [6.45, 7) is 38.4. The van der Waals surface area contributed by atoms with E-state index < -0.39 is 0 Å². The molecule has 0 radical (unpaired) electrons. The van der Waals surface area contributed by atoms with Gasteiger partial charge in [-0.2, -0.15) is 0 Å². The number of nitrogens with zero attached hydrogens (tertiary/aromatic N) is 2. The van der Waals surface area contributed by atoms with E-state index in [-0.39, 0.29) is 39.2 Å². The number of hydrogen-bond donors (Lipinski definition) is 0. The van der Waals surface area contributed by atoms with Gasteiger partial charge in [-0.15, -0.1) is 0 Å². The summed E-state index contributed by atoms with van der Waals surface area (Å²) in [5.74, 6) is 0. The molecule has 11 rings (SSSR count). The van der Waals surface area contributed by atoms with Crippen LogP contribution in [0.15, 0.2) is 127 Å². The first-order chi connectivity index (χ1) is 32.2. The lowest BCUT2D eigenvalue weighted by molar-refractivity contribution is 0.403. The fourth-order valence-electron chi connectivity index (χ4n) is 13.8. The topological polar surface area (TPSA) is 6.48 Å². The van der Waals surface area contributed by atoms with Crippen LogP contribution in [0.2, 0.25) is 0 Å². The van der Waals surface area contributed by atoms with Crippen molar-refractivity contribution in [2.75, 3.05) is 9.80 Å². The van der Waals surface area contributed by atoms with Crippen LogP contribution >= 0.6 is 0 Å². The van der Waals surface area contributed by atoms with Gasteiger partial charge in [0.15, 0.2) is 0 Å². The molecule has 0 spiro atoms. The number of benzene rings is 7. The minimum Gasteiger partial charge on any atom is -0.311 e. The second-order valence-corrected chi connectivity index (χ2v) is 26.3. The maximum absolute atomic E-state index is 2.71. The second-order valence-electron chi connectivity index (χ2n) is 26.3. The van der Waals surface area contributed by atoms with E-state index in [0.717, 1.165) is 12.8 Å². The summed E-state index contributed by atoms with van der Waals surface area (Å²) >= 11 is 0. The highest BCUT2D eigenvalue weighted by Crippen LogP contribution is 2.55. The summed E-state index contributed by atoms with van der Waals surface area (Å²) in [5, 5.41) is 0. The van der Waals surface area contributed by atoms with Crippen molar-refractivity contribution in [1.29, 1.82) is 0 Å². The van der Waals surface area contributed by atoms with Gasteiger partial charge in [0.25, 0.3) is 6.71 Å². The molecule has 2 heterocycles. The van der Waals surface area contributed by atoms with Crippen molar-refractivity contribution in [1.82, 2.24) is 0 Å². The molecule has 2 aliphatic carbocycles. The molecule has 3 heteroatoms. The van der Waals surface area contributed by atoms with Gasteiger partial charge < -0.3 is 9.80 Å². The zero-order valence-corrected chi connectivity index (χ0v) is 44.5. The van der Waals surface area contributed by atoms with Crippen molar-refractivity contribution in [3.8, 4) is 22.3 Å². The van der Waals surface area contributed by atoms with Crippen LogP contribution in [-0.4, -0.2) is 6.71 Å². The Morgan fingerprint density at radius 1 is 0.406 bits per heavy atom. The van der Waals surface area contributed by atoms with E-state index in [0.29, 0.717) is 0 Å². The molecule has 0 amide bonds. The Kier molecular flexibility index (Phi) is 9.83. The third kappa shape index (κ3) is 7.10. The molecule has 0 saturated heterocycles. The Morgan fingerprint density at radius 2 is 0.942 bits per heavy atom. The normalized spacial score (nSPS) is 17.8. The Balaban J connectivity index is 1.26. The largest absolute Gasteiger partial charge is 0.311 e. The van der Waals surface area contributed by atoms with Crippen molar-refractivity contribution >= 4 is 57.2 Å². The summed E-state index contributed by atoms with van der Waals surface area (Å²) in [6, 6.07) is 50.7. The number of aryl methyl sites for hydroxylation is 2. The van der Waals surface area contributed by atoms with Crippen LogP contribution in [0.25, 0.3) is 22.3 Å². The van der Waals surface area contributed by atoms with E-state index >= 15 is 0 Å². The zero-order valence-electron chi connectivity index (χ0n) is 44.5. The third-order valence-corrected chi connectivity index (χ3v) is 16.9. The molecule has 2 nitrogen and oxygen atoms in total. The molecule has 4 aliphatic rings. The first-order valence-electron chi connectivity index (χ1n) is 25.8. The van der Waals surface area contributed by atoms with E-state index in [1.165, 1.54) is 117 Å². The maximum Gasteiger partial charge on any atom is 0.252 e. The van der Waals surface area contributed by atoms with E-state index in [4.69, 9.17) is 0 Å². The zero-order chi connectivity index (χ0) is 49.1. The lowest BCUT2D eigenvalue weighted by Gasteiger charge is -2.46. The summed E-state index contributed by atoms with van der Waals surface area (Å²) < 4.78 is 0. The van der Waals surface area contributed by atoms with Gasteiger partial charge in [-0.25, -0.2) is 0 Å². The lowest BCUT2D eigenvalue weighted by atomic mass is 9.33. The van der Waals surface area contributed by atoms with Crippen LogP contribution in [0.1, 0.15) is 154 Å². The highest BCUT2D eigenvalue weighted by atomic mass is 15.2. The van der Waals surface area contributed by atoms with Crippen molar-refractivity contribution < 1.29 is 0 Å². The minimum atomic E-state index is -0.0304. The van der Waals surface area contributed by atoms with Crippen LogP contribution < -0.4 is 26.2 Å². The molecule has 0 unspecified atom stereocenters. The van der Waals surface area contributed by atoms with Crippen molar-refractivity contribution in [2.24, 2.45) is 0 Å². The van der Waals surface area contributed by atoms with Gasteiger partial charge in [-0.1, -0.05) is 182 Å². The molecule has 0 atom stereocenters. The number of hydrogen-bond acceptors (Lipinski definition) is 2. The van der Waals surface area contributed by atoms with Crippen LogP contribution in [0.3, 0.4) is 0 Å². The first-order valence-corrected chi connectivity index (χ1v) is 25.8. The average molecular weight is 905 g/mol. The third-order valence-electron chi connectivity index (χ3n) is 16.9. The molecule has 0 aromatic heterocycles. The fourth-order valence-corrected chi connectivity index (χ4v) is 13.8. The van der Waals surface area contributed by atoms with E-state index in [1.807, 2.05) is 0 Å². The van der Waals surface area contributed by atoms with Gasteiger partial charge in [0, 0.05) is 34.0 Å². The van der Waals surface area contributed by atoms with Gasteiger partial charge in [-0.3, -0.25) is 0 Å². The quantitative estimate of drug-likeness (QED) is 0.162. The van der Waals surface area contributed by atoms with Crippen molar-refractivity contribution in [3.05, 3.63) is 172 Å². The Hall–Kier alpha value is -5.80. The monoisotopic (exact) mass is 905 g/mol. The molecule has 0 N–H and O–H groups in total. The molecular weight excluding hydrogens is 832 g/mol. The predicted octanol–water partition coefficient (Wildman–Crippen LogP) is 16.2. The van der Waals surface area contributed by atoms with E-state index in [1.54, 1.807) is 0 Å². The van der Waals surface area contributed by atoms with Crippen LogP contribution in [0.4, 0.5) is 34.1 Å². The molecular formula is C66H73BN2. The Labute approximate surface area is 415 Å². The van der Waals surface area contributed by atoms with Gasteiger partial charge in [-0.05, 0) is 179 Å². The second kappa shape index (κ2) is 14.9. The van der Waals surface area contributed by atoms with Crippen LogP contribution in [0.5, 0.6) is 0 Å². The van der Waals surface area contributed by atoms with E-state index in [9.17, 15) is 0 Å². The standard InChI is InChI=1S/C66H73BN2/c1-40-30-58-60-59(31-40)69(55-35-46(62(6,7)8)25-22-41(55)2)56-33-43(42-20-18-17-19-21-42)24-28-52(56)67(60)53-36-50-51(66(15,16)39-65(50,13)14)37-57(53)68(58)54-29-26-45(61(3,4)5)34-47(54)44-23-27-48-49(32-44)64(11,12)38-63(48,9)10/h17-37H,38-39H2,1-16H3. The summed E-state index contributed by atoms with van der Waals surface area (Å²) in [5.41, 5.74) is 28.2. The summed E-state index contributed by atoms with van der Waals surface area (Å²) in [4.78, 5) is 5.36. The minimum absolute atomic E-state index is 0.0175. The molecule has 2 aliphatic heterocycles. The molecule has 0 saturated carbocycles. The number of rotatable bonds is 4. The molecule has 0 bridgehead atoms. The fraction of sp³-hybridized carbons (Fsp3) is 0.364. The maximum atomic E-state index is 2.71. The summed E-state index contributed by atoms with van der Waals surface area (Å²) in [6.07, 6.45) is 2.26. The number of anilines is 6. The van der Waals surface area contributed by atoms with Gasteiger partial charge >= 0.3 is 0 Å². The van der Waals surface area contributed by atoms with Gasteiger partial charge in [0.1, 0.15) is 0 Å². The van der Waals surface area contributed by atoms with Crippen LogP contribution in [0, 0.1) is 13.8 Å². The molecule has 69 heavy (non-hydrogen) atoms. The molecule has 7 aromatic carbocycles. The predicted molar refractivity (Wildman–Crippen MR) is 300 cm³/mol. The Morgan fingerprint density at radius 3 is 1.58 bits per heavy atom. The summed E-state index contributed by atoms with van der Waals surface area (Å²) in [7, 11) is 0. The van der Waals surface area contributed by atoms with Gasteiger partial charge in [0.05, 0.1) is 5.69 Å². The van der Waals surface area contributed by atoms with Crippen molar-refractivity contribution in [3.63, 3.8) is 0 Å². The van der Waals surface area contributed by atoms with Crippen molar-refractivity contribution in [2.45, 2.75) is 156 Å². The first kappa shape index (κ1) is 45.6. The molecule has 7 aromatic rings. The average Bonchev–Trinajstić information content (AvgIpc) is 3.58. The lowest BCUT2D eigenvalue weighted by Crippen LogP contribution is -2.61. The highest BCUT2D eigenvalue weighted by Gasteiger charge is 2.49. The molecule has 0 fully saturated rings. The SMILES string of the molecule is Cc1cc2c3c(c1)N(c1ccc(C(C)(C)C)cc1-c1ccc4c(c1)C(C)(C)CC4(C)C)c1cc4c(cc1B3c1ccc(-c3ccccc3)cc1N2c1cc(C(C)(C)C)ccc1C)C(C)(C)CC4(C)C. The molecule has 350 valence electrons. The number of fused-ring (bicyclic) bond motifs is 6. The highest BCUT2D eigenvalue weighted by molar-refractivity contribution is 7.00.